The van der Waals surface area contributed by atoms with Crippen LogP contribution >= 0.6 is 0 Å². The molecule has 0 heterocycles. The van der Waals surface area contributed by atoms with Gasteiger partial charge in [0.25, 0.3) is 0 Å². The molecule has 0 N–H and O–H groups in total. The zero-order chi connectivity index (χ0) is 14.8. The first-order valence-electron chi connectivity index (χ1n) is 6.39. The maximum absolute atomic E-state index is 12.3. The van der Waals surface area contributed by atoms with Gasteiger partial charge in [-0.15, -0.1) is 0 Å². The van der Waals surface area contributed by atoms with Gasteiger partial charge >= 0.3 is 0 Å². The minimum absolute atomic E-state index is 0.00665. The quantitative estimate of drug-likeness (QED) is 0.852. The van der Waals surface area contributed by atoms with Crippen LogP contribution in [0.2, 0.25) is 0 Å². The van der Waals surface area contributed by atoms with E-state index in [9.17, 15) is 13.2 Å². The molecule has 0 radical (unpaired) electrons. The lowest BCUT2D eigenvalue weighted by Crippen LogP contribution is -2.21. The van der Waals surface area contributed by atoms with Crippen molar-refractivity contribution in [3.8, 4) is 0 Å². The summed E-state index contributed by atoms with van der Waals surface area (Å²) in [5, 5.41) is -0.675. The average Bonchev–Trinajstić information content (AvgIpc) is 2.27. The van der Waals surface area contributed by atoms with Crippen LogP contribution in [-0.4, -0.2) is 19.5 Å². The predicted octanol–water partition coefficient (Wildman–Crippen LogP) is 3.13. The standard InChI is InChI=1S/C15H22O3S/c1-11(16)10-12(2)19(17,18)14-8-6-13(7-9-14)15(3,4)5/h6-9,12H,10H2,1-5H3. The van der Waals surface area contributed by atoms with E-state index in [4.69, 9.17) is 0 Å². The minimum Gasteiger partial charge on any atom is -0.300 e. The highest BCUT2D eigenvalue weighted by Crippen LogP contribution is 2.25. The smallest absolute Gasteiger partial charge is 0.181 e. The second-order valence-corrected chi connectivity index (χ2v) is 8.40. The highest BCUT2D eigenvalue weighted by molar-refractivity contribution is 7.92. The summed E-state index contributed by atoms with van der Waals surface area (Å²) in [6.45, 7) is 9.22. The summed E-state index contributed by atoms with van der Waals surface area (Å²) in [5.74, 6) is -0.109. The number of benzene rings is 1. The molecule has 1 aromatic rings. The third kappa shape index (κ3) is 3.90. The Hall–Kier alpha value is -1.16. The molecule has 0 aliphatic heterocycles. The SMILES string of the molecule is CC(=O)CC(C)S(=O)(=O)c1ccc(C(C)(C)C)cc1. The van der Waals surface area contributed by atoms with Gasteiger partial charge in [-0.25, -0.2) is 8.42 Å². The average molecular weight is 282 g/mol. The Morgan fingerprint density at radius 2 is 1.63 bits per heavy atom. The zero-order valence-corrected chi connectivity index (χ0v) is 13.0. The molecular weight excluding hydrogens is 260 g/mol. The Bertz CT molecular complexity index is 548. The van der Waals surface area contributed by atoms with Crippen LogP contribution in [0.4, 0.5) is 0 Å². The van der Waals surface area contributed by atoms with Gasteiger partial charge in [0, 0.05) is 6.42 Å². The van der Waals surface area contributed by atoms with Gasteiger partial charge in [-0.3, -0.25) is 4.79 Å². The second-order valence-electron chi connectivity index (χ2n) is 6.04. The van der Waals surface area contributed by atoms with E-state index < -0.39 is 15.1 Å². The molecule has 1 aromatic carbocycles. The number of sulfone groups is 1. The van der Waals surface area contributed by atoms with E-state index in [1.807, 2.05) is 12.1 Å². The van der Waals surface area contributed by atoms with E-state index in [0.717, 1.165) is 5.56 Å². The molecule has 106 valence electrons. The fourth-order valence-electron chi connectivity index (χ4n) is 1.89. The highest BCUT2D eigenvalue weighted by atomic mass is 32.2. The molecular formula is C15H22O3S. The number of carbonyl (C=O) groups is 1. The van der Waals surface area contributed by atoms with Gasteiger partial charge in [-0.2, -0.15) is 0 Å². The summed E-state index contributed by atoms with van der Waals surface area (Å²) >= 11 is 0. The molecule has 0 saturated heterocycles. The van der Waals surface area contributed by atoms with Gasteiger partial charge in [0.1, 0.15) is 5.78 Å². The van der Waals surface area contributed by atoms with Crippen molar-refractivity contribution in [1.29, 1.82) is 0 Å². The van der Waals surface area contributed by atoms with E-state index in [1.54, 1.807) is 19.1 Å². The maximum atomic E-state index is 12.3. The Kier molecular flexibility index (Phi) is 4.56. The Balaban J connectivity index is 3.07. The fraction of sp³-hybridized carbons (Fsp3) is 0.533. The van der Waals surface area contributed by atoms with Crippen molar-refractivity contribution in [1.82, 2.24) is 0 Å². The number of rotatable bonds is 4. The molecule has 0 amide bonds. The molecule has 0 aromatic heterocycles. The van der Waals surface area contributed by atoms with Crippen molar-refractivity contribution in [2.24, 2.45) is 0 Å². The third-order valence-electron chi connectivity index (χ3n) is 3.15. The third-order valence-corrected chi connectivity index (χ3v) is 5.31. The van der Waals surface area contributed by atoms with Gasteiger partial charge in [0.05, 0.1) is 10.1 Å². The van der Waals surface area contributed by atoms with Crippen molar-refractivity contribution >= 4 is 15.6 Å². The zero-order valence-electron chi connectivity index (χ0n) is 12.2. The monoisotopic (exact) mass is 282 g/mol. The fourth-order valence-corrected chi connectivity index (χ4v) is 3.33. The first kappa shape index (κ1) is 15.9. The van der Waals surface area contributed by atoms with E-state index in [-0.39, 0.29) is 22.5 Å². The van der Waals surface area contributed by atoms with E-state index in [2.05, 4.69) is 20.8 Å². The van der Waals surface area contributed by atoms with Crippen LogP contribution in [0, 0.1) is 0 Å². The number of Topliss-reactive ketones (excluding diaryl/α,β-unsaturated/α-hetero) is 1. The largest absolute Gasteiger partial charge is 0.300 e. The molecule has 4 heteroatoms. The summed E-state index contributed by atoms with van der Waals surface area (Å²) < 4.78 is 24.6. The van der Waals surface area contributed by atoms with Crippen LogP contribution < -0.4 is 0 Å². The second kappa shape index (κ2) is 5.45. The minimum atomic E-state index is -3.42. The number of ketones is 1. The van der Waals surface area contributed by atoms with E-state index in [0.29, 0.717) is 0 Å². The molecule has 0 aliphatic carbocycles. The Labute approximate surface area is 116 Å². The summed E-state index contributed by atoms with van der Waals surface area (Å²) in [4.78, 5) is 11.3. The maximum Gasteiger partial charge on any atom is 0.181 e. The van der Waals surface area contributed by atoms with Crippen LogP contribution in [-0.2, 0) is 20.0 Å². The molecule has 3 nitrogen and oxygen atoms in total. The van der Waals surface area contributed by atoms with Crippen LogP contribution in [0.5, 0.6) is 0 Å². The van der Waals surface area contributed by atoms with Crippen molar-refractivity contribution in [2.75, 3.05) is 0 Å². The van der Waals surface area contributed by atoms with E-state index >= 15 is 0 Å². The summed E-state index contributed by atoms with van der Waals surface area (Å²) in [7, 11) is -3.42. The number of hydrogen-bond acceptors (Lipinski definition) is 3. The highest BCUT2D eigenvalue weighted by Gasteiger charge is 2.25. The number of carbonyl (C=O) groups excluding carboxylic acids is 1. The van der Waals surface area contributed by atoms with Gasteiger partial charge in [-0.05, 0) is 37.0 Å². The van der Waals surface area contributed by atoms with Gasteiger partial charge in [-0.1, -0.05) is 32.9 Å². The number of hydrogen-bond donors (Lipinski definition) is 0. The van der Waals surface area contributed by atoms with Gasteiger partial charge < -0.3 is 0 Å². The van der Waals surface area contributed by atoms with Crippen LogP contribution in [0.25, 0.3) is 0 Å². The first-order chi connectivity index (χ1) is 8.55. The van der Waals surface area contributed by atoms with Crippen molar-refractivity contribution < 1.29 is 13.2 Å². The van der Waals surface area contributed by atoms with Crippen LogP contribution in [0.3, 0.4) is 0 Å². The molecule has 0 aliphatic rings. The van der Waals surface area contributed by atoms with Crippen molar-refractivity contribution in [3.05, 3.63) is 29.8 Å². The Morgan fingerprint density at radius 1 is 1.16 bits per heavy atom. The van der Waals surface area contributed by atoms with Gasteiger partial charge in [0.15, 0.2) is 9.84 Å². The van der Waals surface area contributed by atoms with Gasteiger partial charge in [0.2, 0.25) is 0 Å². The molecule has 0 bridgehead atoms. The normalized spacial score (nSPS) is 14.2. The van der Waals surface area contributed by atoms with Crippen LogP contribution in [0.1, 0.15) is 46.6 Å². The molecule has 19 heavy (non-hydrogen) atoms. The van der Waals surface area contributed by atoms with Crippen LogP contribution in [0.15, 0.2) is 29.2 Å². The predicted molar refractivity (Wildman–Crippen MR) is 77.1 cm³/mol. The lowest BCUT2D eigenvalue weighted by atomic mass is 9.87. The van der Waals surface area contributed by atoms with E-state index in [1.165, 1.54) is 6.92 Å². The molecule has 0 fully saturated rings. The first-order valence-corrected chi connectivity index (χ1v) is 7.93. The molecule has 1 unspecified atom stereocenters. The Morgan fingerprint density at radius 3 is 2.00 bits per heavy atom. The lowest BCUT2D eigenvalue weighted by molar-refractivity contribution is -0.116. The molecule has 1 atom stereocenters. The summed E-state index contributed by atoms with van der Waals surface area (Å²) in [6.07, 6.45) is 0.0589. The summed E-state index contributed by atoms with van der Waals surface area (Å²) in [5.41, 5.74) is 1.08. The topological polar surface area (TPSA) is 51.2 Å². The molecule has 0 spiro atoms. The molecule has 1 rings (SSSR count). The summed E-state index contributed by atoms with van der Waals surface area (Å²) in [6, 6.07) is 6.94. The van der Waals surface area contributed by atoms with Crippen molar-refractivity contribution in [3.63, 3.8) is 0 Å². The lowest BCUT2D eigenvalue weighted by Gasteiger charge is -2.19. The molecule has 0 saturated carbocycles. The van der Waals surface area contributed by atoms with Crippen molar-refractivity contribution in [2.45, 2.75) is 56.6 Å².